The van der Waals surface area contributed by atoms with Crippen molar-refractivity contribution in [2.75, 3.05) is 26.2 Å². The number of amides is 1. The van der Waals surface area contributed by atoms with Crippen molar-refractivity contribution >= 4 is 6.09 Å². The number of unbranched alkanes of at least 4 members (excludes halogenated alkanes) is 5. The Hall–Kier alpha value is -0.810. The molecule has 0 saturated carbocycles. The summed E-state index contributed by atoms with van der Waals surface area (Å²) in [6.45, 7) is 12.0. The topological polar surface area (TPSA) is 61.8 Å². The maximum absolute atomic E-state index is 12.1. The van der Waals surface area contributed by atoms with Crippen LogP contribution in [0.5, 0.6) is 0 Å². The minimum atomic E-state index is -0.555. The maximum atomic E-state index is 12.1. The minimum Gasteiger partial charge on any atom is -0.444 e. The molecule has 23 heavy (non-hydrogen) atoms. The lowest BCUT2D eigenvalue weighted by Gasteiger charge is -2.28. The monoisotopic (exact) mass is 330 g/mol. The number of ether oxygens (including phenoxy) is 1. The van der Waals surface area contributed by atoms with Gasteiger partial charge in [-0.25, -0.2) is 4.79 Å². The molecule has 1 atom stereocenters. The Morgan fingerprint density at radius 2 is 1.74 bits per heavy atom. The van der Waals surface area contributed by atoms with Crippen molar-refractivity contribution in [3.05, 3.63) is 0 Å². The molecule has 0 saturated heterocycles. The summed E-state index contributed by atoms with van der Waals surface area (Å²) in [6.07, 6.45) is 6.77. The van der Waals surface area contributed by atoms with E-state index in [-0.39, 0.29) is 6.09 Å². The van der Waals surface area contributed by atoms with E-state index in [2.05, 4.69) is 12.2 Å². The number of hydrogen-bond acceptors (Lipinski definition) is 4. The molecule has 0 aromatic rings. The number of aliphatic hydroxyl groups excluding tert-OH is 1. The molecule has 0 spiro atoms. The summed E-state index contributed by atoms with van der Waals surface area (Å²) in [7, 11) is 0. The molecule has 5 heteroatoms. The average Bonchev–Trinajstić information content (AvgIpc) is 2.42. The van der Waals surface area contributed by atoms with Crippen molar-refractivity contribution in [1.82, 2.24) is 10.2 Å². The van der Waals surface area contributed by atoms with E-state index in [4.69, 9.17) is 4.74 Å². The van der Waals surface area contributed by atoms with E-state index in [1.54, 1.807) is 11.8 Å². The van der Waals surface area contributed by atoms with Crippen LogP contribution >= 0.6 is 0 Å². The molecule has 0 bridgehead atoms. The third-order valence-electron chi connectivity index (χ3n) is 3.40. The van der Waals surface area contributed by atoms with Crippen molar-refractivity contribution < 1.29 is 14.6 Å². The summed E-state index contributed by atoms with van der Waals surface area (Å²) < 4.78 is 5.38. The molecule has 0 aromatic carbocycles. The highest BCUT2D eigenvalue weighted by Gasteiger charge is 2.22. The molecule has 2 N–H and O–H groups in total. The Kier molecular flexibility index (Phi) is 12.1. The molecule has 5 nitrogen and oxygen atoms in total. The van der Waals surface area contributed by atoms with Gasteiger partial charge in [-0.1, -0.05) is 39.0 Å². The SMILES string of the molecule is CCCCCCCCNCCN(CC(C)O)C(=O)OC(C)(C)C. The second-order valence-corrected chi connectivity index (χ2v) is 7.29. The van der Waals surface area contributed by atoms with Crippen LogP contribution < -0.4 is 5.32 Å². The molecule has 0 aliphatic rings. The Bertz CT molecular complexity index is 301. The van der Waals surface area contributed by atoms with Gasteiger partial charge in [-0.3, -0.25) is 0 Å². The molecule has 0 aliphatic heterocycles. The summed E-state index contributed by atoms with van der Waals surface area (Å²) >= 11 is 0. The summed E-state index contributed by atoms with van der Waals surface area (Å²) in [4.78, 5) is 13.7. The largest absolute Gasteiger partial charge is 0.444 e. The van der Waals surface area contributed by atoms with Gasteiger partial charge >= 0.3 is 6.09 Å². The quantitative estimate of drug-likeness (QED) is 0.537. The molecule has 1 unspecified atom stereocenters. The summed E-state index contributed by atoms with van der Waals surface area (Å²) in [5.41, 5.74) is -0.514. The molecule has 0 aliphatic carbocycles. The molecule has 0 rings (SSSR count). The maximum Gasteiger partial charge on any atom is 0.410 e. The number of nitrogens with zero attached hydrogens (tertiary/aromatic N) is 1. The van der Waals surface area contributed by atoms with Gasteiger partial charge in [0, 0.05) is 19.6 Å². The molecule has 1 amide bonds. The van der Waals surface area contributed by atoms with Gasteiger partial charge in [0.25, 0.3) is 0 Å². The predicted octanol–water partition coefficient (Wildman–Crippen LogP) is 3.55. The summed E-state index contributed by atoms with van der Waals surface area (Å²) in [6, 6.07) is 0. The lowest BCUT2D eigenvalue weighted by molar-refractivity contribution is 0.0164. The van der Waals surface area contributed by atoms with Crippen LogP contribution in [0.15, 0.2) is 0 Å². The summed E-state index contributed by atoms with van der Waals surface area (Å²) in [5.74, 6) is 0. The van der Waals surface area contributed by atoms with Crippen LogP contribution in [-0.2, 0) is 4.74 Å². The Labute approximate surface area is 142 Å². The molecule has 0 radical (unpaired) electrons. The number of carbonyl (C=O) groups is 1. The van der Waals surface area contributed by atoms with Gasteiger partial charge in [-0.2, -0.15) is 0 Å². The Balaban J connectivity index is 3.91. The van der Waals surface area contributed by atoms with Crippen molar-refractivity contribution in [3.63, 3.8) is 0 Å². The first-order valence-corrected chi connectivity index (χ1v) is 9.13. The molecule has 0 fully saturated rings. The smallest absolute Gasteiger partial charge is 0.410 e. The second-order valence-electron chi connectivity index (χ2n) is 7.29. The van der Waals surface area contributed by atoms with Crippen molar-refractivity contribution in [3.8, 4) is 0 Å². The third-order valence-corrected chi connectivity index (χ3v) is 3.40. The van der Waals surface area contributed by atoms with Gasteiger partial charge < -0.3 is 20.1 Å². The molecule has 0 heterocycles. The van der Waals surface area contributed by atoms with Crippen LogP contribution in [0.2, 0.25) is 0 Å². The van der Waals surface area contributed by atoms with Crippen molar-refractivity contribution in [2.24, 2.45) is 0 Å². The fourth-order valence-corrected chi connectivity index (χ4v) is 2.27. The van der Waals surface area contributed by atoms with Crippen molar-refractivity contribution in [1.29, 1.82) is 0 Å². The first-order valence-electron chi connectivity index (χ1n) is 9.13. The summed E-state index contributed by atoms with van der Waals surface area (Å²) in [5, 5.41) is 12.9. The van der Waals surface area contributed by atoms with E-state index in [1.807, 2.05) is 20.8 Å². The van der Waals surface area contributed by atoms with Crippen LogP contribution in [0.4, 0.5) is 4.79 Å². The average molecular weight is 331 g/mol. The first kappa shape index (κ1) is 22.2. The zero-order valence-corrected chi connectivity index (χ0v) is 15.9. The normalized spacial score (nSPS) is 13.0. The number of aliphatic hydroxyl groups is 1. The molecule has 0 aromatic heterocycles. The highest BCUT2D eigenvalue weighted by Crippen LogP contribution is 2.10. The van der Waals surface area contributed by atoms with Gasteiger partial charge in [-0.15, -0.1) is 0 Å². The van der Waals surface area contributed by atoms with Gasteiger partial charge in [-0.05, 0) is 40.7 Å². The minimum absolute atomic E-state index is 0.299. The Morgan fingerprint density at radius 1 is 1.13 bits per heavy atom. The predicted molar refractivity (Wildman–Crippen MR) is 95.7 cm³/mol. The van der Waals surface area contributed by atoms with Gasteiger partial charge in [0.05, 0.1) is 6.10 Å². The van der Waals surface area contributed by atoms with Crippen molar-refractivity contribution in [2.45, 2.75) is 84.8 Å². The van der Waals surface area contributed by atoms with Crippen LogP contribution in [0.25, 0.3) is 0 Å². The van der Waals surface area contributed by atoms with E-state index in [0.29, 0.717) is 13.1 Å². The number of hydrogen-bond donors (Lipinski definition) is 2. The van der Waals surface area contributed by atoms with E-state index in [9.17, 15) is 9.90 Å². The number of rotatable bonds is 12. The second kappa shape index (κ2) is 12.6. The van der Waals surface area contributed by atoms with Crippen LogP contribution in [0.1, 0.15) is 73.1 Å². The zero-order chi connectivity index (χ0) is 17.7. The first-order chi connectivity index (χ1) is 10.8. The van der Waals surface area contributed by atoms with E-state index in [1.165, 1.54) is 38.5 Å². The van der Waals surface area contributed by atoms with E-state index >= 15 is 0 Å². The fraction of sp³-hybridized carbons (Fsp3) is 0.944. The molecule has 138 valence electrons. The highest BCUT2D eigenvalue weighted by atomic mass is 16.6. The van der Waals surface area contributed by atoms with Crippen LogP contribution in [-0.4, -0.2) is 54.0 Å². The Morgan fingerprint density at radius 3 is 2.30 bits per heavy atom. The van der Waals surface area contributed by atoms with Crippen LogP contribution in [0, 0.1) is 0 Å². The van der Waals surface area contributed by atoms with Gasteiger partial charge in [0.15, 0.2) is 0 Å². The van der Waals surface area contributed by atoms with E-state index < -0.39 is 11.7 Å². The fourth-order valence-electron chi connectivity index (χ4n) is 2.27. The van der Waals surface area contributed by atoms with Crippen LogP contribution in [0.3, 0.4) is 0 Å². The van der Waals surface area contributed by atoms with E-state index in [0.717, 1.165) is 13.1 Å². The standard InChI is InChI=1S/C18H38N2O3/c1-6-7-8-9-10-11-12-19-13-14-20(15-16(2)21)17(22)23-18(3,4)5/h16,19,21H,6-15H2,1-5H3. The number of carbonyl (C=O) groups excluding carboxylic acids is 1. The van der Waals surface area contributed by atoms with Gasteiger partial charge in [0.1, 0.15) is 5.60 Å². The van der Waals surface area contributed by atoms with Gasteiger partial charge in [0.2, 0.25) is 0 Å². The lowest BCUT2D eigenvalue weighted by atomic mass is 10.1. The molecular weight excluding hydrogens is 292 g/mol. The zero-order valence-electron chi connectivity index (χ0n) is 15.9. The third kappa shape index (κ3) is 14.5. The number of nitrogens with one attached hydrogen (secondary N) is 1. The molecular formula is C18H38N2O3. The highest BCUT2D eigenvalue weighted by molar-refractivity contribution is 5.68. The lowest BCUT2D eigenvalue weighted by Crippen LogP contribution is -2.43.